The second kappa shape index (κ2) is 8.91. The number of carbonyl (C=O) groups is 1. The third-order valence-corrected chi connectivity index (χ3v) is 9.75. The zero-order valence-electron chi connectivity index (χ0n) is 20.6. The Labute approximate surface area is 207 Å². The fourth-order valence-electron chi connectivity index (χ4n) is 5.46. The van der Waals surface area contributed by atoms with Crippen molar-refractivity contribution in [1.29, 1.82) is 0 Å². The molecule has 1 spiro atoms. The third kappa shape index (κ3) is 4.29. The highest BCUT2D eigenvalue weighted by molar-refractivity contribution is 7.89. The van der Waals surface area contributed by atoms with Crippen LogP contribution in [0.4, 0.5) is 0 Å². The number of amides is 1. The van der Waals surface area contributed by atoms with Crippen molar-refractivity contribution in [2.75, 3.05) is 26.2 Å². The number of likely N-dealkylation sites (tertiary alicyclic amines) is 1. The van der Waals surface area contributed by atoms with Gasteiger partial charge in [-0.25, -0.2) is 13.1 Å². The molecule has 3 heterocycles. The van der Waals surface area contributed by atoms with Crippen molar-refractivity contribution in [1.82, 2.24) is 19.0 Å². The predicted octanol–water partition coefficient (Wildman–Crippen LogP) is 4.11. The van der Waals surface area contributed by atoms with E-state index in [1.807, 2.05) is 68.1 Å². The average Bonchev–Trinajstić information content (AvgIpc) is 3.45. The number of rotatable bonds is 4. The molecule has 35 heavy (non-hydrogen) atoms. The van der Waals surface area contributed by atoms with Crippen LogP contribution in [0.25, 0.3) is 5.69 Å². The van der Waals surface area contributed by atoms with Crippen LogP contribution in [0.3, 0.4) is 0 Å². The fraction of sp³-hybridized carbons (Fsp3) is 0.407. The molecule has 184 valence electrons. The van der Waals surface area contributed by atoms with Crippen LogP contribution in [0.5, 0.6) is 0 Å². The van der Waals surface area contributed by atoms with Crippen molar-refractivity contribution in [2.24, 2.45) is 5.41 Å². The minimum atomic E-state index is -3.52. The van der Waals surface area contributed by atoms with E-state index < -0.39 is 10.0 Å². The van der Waals surface area contributed by atoms with E-state index in [-0.39, 0.29) is 11.3 Å². The SMILES string of the molecule is Cc1ccc(C)c(S(=O)(=O)N2CCC3(CCN(C(=O)c4cnn(-c5ccccc5)c4C)C3)CC2)c1. The summed E-state index contributed by atoms with van der Waals surface area (Å²) in [6.07, 6.45) is 4.10. The number of benzene rings is 2. The van der Waals surface area contributed by atoms with Crippen molar-refractivity contribution in [3.63, 3.8) is 0 Å². The number of hydrogen-bond acceptors (Lipinski definition) is 4. The lowest BCUT2D eigenvalue weighted by molar-refractivity contribution is 0.0750. The molecular weight excluding hydrogens is 460 g/mol. The molecule has 2 aromatic carbocycles. The molecule has 0 saturated carbocycles. The summed E-state index contributed by atoms with van der Waals surface area (Å²) in [4.78, 5) is 15.7. The van der Waals surface area contributed by atoms with Crippen LogP contribution in [0.2, 0.25) is 0 Å². The van der Waals surface area contributed by atoms with E-state index in [9.17, 15) is 13.2 Å². The van der Waals surface area contributed by atoms with Crippen LogP contribution in [0.1, 0.15) is 46.4 Å². The minimum absolute atomic E-state index is 0.00647. The summed E-state index contributed by atoms with van der Waals surface area (Å²) < 4.78 is 30.1. The van der Waals surface area contributed by atoms with Gasteiger partial charge in [-0.3, -0.25) is 4.79 Å². The van der Waals surface area contributed by atoms with Gasteiger partial charge in [-0.2, -0.15) is 9.40 Å². The summed E-state index contributed by atoms with van der Waals surface area (Å²) in [7, 11) is -3.52. The molecular formula is C27H32N4O3S. The standard InChI is InChI=1S/C27H32N4O3S/c1-20-9-10-21(2)25(17-20)35(33,34)30-15-12-27(13-16-30)11-14-29(19-27)26(32)24-18-28-31(22(24)3)23-7-5-4-6-8-23/h4-10,17-18H,11-16,19H2,1-3H3. The lowest BCUT2D eigenvalue weighted by atomic mass is 9.78. The number of hydrogen-bond donors (Lipinski definition) is 0. The van der Waals surface area contributed by atoms with E-state index in [0.29, 0.717) is 36.6 Å². The van der Waals surface area contributed by atoms with E-state index in [0.717, 1.165) is 41.8 Å². The number of para-hydroxylation sites is 1. The number of carbonyl (C=O) groups excluding carboxylic acids is 1. The van der Waals surface area contributed by atoms with Crippen molar-refractivity contribution in [2.45, 2.75) is 44.9 Å². The van der Waals surface area contributed by atoms with Gasteiger partial charge in [0, 0.05) is 26.2 Å². The highest BCUT2D eigenvalue weighted by Crippen LogP contribution is 2.42. The number of aromatic nitrogens is 2. The zero-order valence-corrected chi connectivity index (χ0v) is 21.4. The largest absolute Gasteiger partial charge is 0.338 e. The van der Waals surface area contributed by atoms with Gasteiger partial charge in [0.25, 0.3) is 5.91 Å². The van der Waals surface area contributed by atoms with Crippen molar-refractivity contribution >= 4 is 15.9 Å². The second-order valence-corrected chi connectivity index (χ2v) is 11.9. The summed E-state index contributed by atoms with van der Waals surface area (Å²) in [6.45, 7) is 8.03. The Kier molecular flexibility index (Phi) is 6.05. The molecule has 0 atom stereocenters. The van der Waals surface area contributed by atoms with Gasteiger partial charge in [-0.15, -0.1) is 0 Å². The molecule has 3 aromatic rings. The Balaban J connectivity index is 1.27. The summed E-state index contributed by atoms with van der Waals surface area (Å²) in [6, 6.07) is 15.4. The fourth-order valence-corrected chi connectivity index (χ4v) is 7.21. The van der Waals surface area contributed by atoms with Gasteiger partial charge in [0.1, 0.15) is 0 Å². The molecule has 5 rings (SSSR count). The molecule has 0 radical (unpaired) electrons. The molecule has 2 aliphatic rings. The van der Waals surface area contributed by atoms with Crippen LogP contribution >= 0.6 is 0 Å². The molecule has 2 aliphatic heterocycles. The average molecular weight is 493 g/mol. The highest BCUT2D eigenvalue weighted by Gasteiger charge is 2.44. The van der Waals surface area contributed by atoms with Crippen LogP contribution < -0.4 is 0 Å². The van der Waals surface area contributed by atoms with E-state index in [2.05, 4.69) is 5.10 Å². The number of piperidine rings is 1. The van der Waals surface area contributed by atoms with Crippen molar-refractivity contribution in [3.05, 3.63) is 77.1 Å². The van der Waals surface area contributed by atoms with Crippen LogP contribution in [0.15, 0.2) is 59.6 Å². The molecule has 1 amide bonds. The Bertz CT molecular complexity index is 1360. The maximum atomic E-state index is 13.4. The molecule has 2 saturated heterocycles. The monoisotopic (exact) mass is 492 g/mol. The number of aryl methyl sites for hydroxylation is 2. The topological polar surface area (TPSA) is 75.5 Å². The Morgan fingerprint density at radius 3 is 2.34 bits per heavy atom. The Morgan fingerprint density at radius 1 is 0.943 bits per heavy atom. The van der Waals surface area contributed by atoms with Crippen LogP contribution in [-0.2, 0) is 10.0 Å². The summed E-state index contributed by atoms with van der Waals surface area (Å²) in [5.41, 5.74) is 4.09. The molecule has 8 heteroatoms. The molecule has 0 aliphatic carbocycles. The van der Waals surface area contributed by atoms with Gasteiger partial charge in [-0.1, -0.05) is 30.3 Å². The molecule has 7 nitrogen and oxygen atoms in total. The summed E-state index contributed by atoms with van der Waals surface area (Å²) in [5.74, 6) is 0.00647. The van der Waals surface area contributed by atoms with Crippen LogP contribution in [-0.4, -0.2) is 59.5 Å². The second-order valence-electron chi connectivity index (χ2n) is 10.0. The Morgan fingerprint density at radius 2 is 1.63 bits per heavy atom. The Hall–Kier alpha value is -2.97. The van der Waals surface area contributed by atoms with Crippen LogP contribution in [0, 0.1) is 26.2 Å². The molecule has 0 N–H and O–H groups in total. The number of nitrogens with zero attached hydrogens (tertiary/aromatic N) is 4. The minimum Gasteiger partial charge on any atom is -0.338 e. The first-order chi connectivity index (χ1) is 16.7. The third-order valence-electron chi connectivity index (χ3n) is 7.71. The first kappa shape index (κ1) is 23.8. The van der Waals surface area contributed by atoms with Gasteiger partial charge >= 0.3 is 0 Å². The predicted molar refractivity (Wildman–Crippen MR) is 135 cm³/mol. The van der Waals surface area contributed by atoms with Crippen molar-refractivity contribution in [3.8, 4) is 5.69 Å². The zero-order chi connectivity index (χ0) is 24.8. The molecule has 2 fully saturated rings. The van der Waals surface area contributed by atoms with Gasteiger partial charge in [-0.05, 0) is 74.8 Å². The van der Waals surface area contributed by atoms with E-state index in [1.165, 1.54) is 0 Å². The van der Waals surface area contributed by atoms with Gasteiger partial charge in [0.15, 0.2) is 0 Å². The molecule has 0 bridgehead atoms. The van der Waals surface area contributed by atoms with Gasteiger partial charge in [0.05, 0.1) is 28.0 Å². The number of sulfonamides is 1. The van der Waals surface area contributed by atoms with E-state index in [1.54, 1.807) is 21.3 Å². The maximum Gasteiger partial charge on any atom is 0.257 e. The first-order valence-electron chi connectivity index (χ1n) is 12.2. The highest BCUT2D eigenvalue weighted by atomic mass is 32.2. The summed E-state index contributed by atoms with van der Waals surface area (Å²) >= 11 is 0. The molecule has 0 unspecified atom stereocenters. The van der Waals surface area contributed by atoms with E-state index >= 15 is 0 Å². The quantitative estimate of drug-likeness (QED) is 0.549. The smallest absolute Gasteiger partial charge is 0.257 e. The lowest BCUT2D eigenvalue weighted by Crippen LogP contribution is -2.44. The first-order valence-corrected chi connectivity index (χ1v) is 13.6. The van der Waals surface area contributed by atoms with Gasteiger partial charge in [0.2, 0.25) is 10.0 Å². The maximum absolute atomic E-state index is 13.4. The normalized spacial score (nSPS) is 18.3. The van der Waals surface area contributed by atoms with Crippen molar-refractivity contribution < 1.29 is 13.2 Å². The van der Waals surface area contributed by atoms with E-state index in [4.69, 9.17) is 0 Å². The lowest BCUT2D eigenvalue weighted by Gasteiger charge is -2.38. The van der Waals surface area contributed by atoms with Gasteiger partial charge < -0.3 is 4.90 Å². The summed E-state index contributed by atoms with van der Waals surface area (Å²) in [5, 5.41) is 4.46. The molecule has 1 aromatic heterocycles.